The molecule has 0 unspecified atom stereocenters. The molecule has 1 aromatic rings. The van der Waals surface area contributed by atoms with Gasteiger partial charge in [0.05, 0.1) is 6.04 Å². The van der Waals surface area contributed by atoms with Gasteiger partial charge in [0.2, 0.25) is 5.91 Å². The number of halogens is 1. The molecule has 1 aliphatic rings. The minimum absolute atomic E-state index is 0.0723. The van der Waals surface area contributed by atoms with E-state index in [1.807, 2.05) is 6.92 Å². The minimum Gasteiger partial charge on any atom is -0.349 e. The summed E-state index contributed by atoms with van der Waals surface area (Å²) in [5.74, 6) is -0.144. The number of benzene rings is 1. The van der Waals surface area contributed by atoms with Crippen LogP contribution in [0.1, 0.15) is 30.0 Å². The Morgan fingerprint density at radius 1 is 1.50 bits per heavy atom. The molecule has 1 amide bonds. The lowest BCUT2D eigenvalue weighted by atomic mass is 10.0. The smallest absolute Gasteiger partial charge is 0.220 e. The molecule has 2 rings (SSSR count). The summed E-state index contributed by atoms with van der Waals surface area (Å²) < 4.78 is 12.8. The van der Waals surface area contributed by atoms with Crippen molar-refractivity contribution in [1.82, 2.24) is 5.32 Å². The average molecular weight is 193 g/mol. The summed E-state index contributed by atoms with van der Waals surface area (Å²) in [4.78, 5) is 11.0. The molecular formula is C11H12FNO. The molecule has 1 aromatic carbocycles. The fraction of sp³-hybridized carbons (Fsp3) is 0.364. The van der Waals surface area contributed by atoms with Gasteiger partial charge in [0.1, 0.15) is 5.82 Å². The third-order valence-corrected chi connectivity index (χ3v) is 2.60. The summed E-state index contributed by atoms with van der Waals surface area (Å²) in [5.41, 5.74) is 1.93. The van der Waals surface area contributed by atoms with Gasteiger partial charge in [0.25, 0.3) is 0 Å². The van der Waals surface area contributed by atoms with Crippen molar-refractivity contribution in [2.24, 2.45) is 0 Å². The molecule has 0 aromatic heterocycles. The van der Waals surface area contributed by atoms with Gasteiger partial charge in [-0.2, -0.15) is 0 Å². The van der Waals surface area contributed by atoms with Gasteiger partial charge in [0.15, 0.2) is 0 Å². The summed E-state index contributed by atoms with van der Waals surface area (Å²) in [6.45, 7) is 1.86. The Labute approximate surface area is 82.1 Å². The molecule has 2 nitrogen and oxygen atoms in total. The largest absolute Gasteiger partial charge is 0.349 e. The Kier molecular flexibility index (Phi) is 2.23. The minimum atomic E-state index is -0.226. The predicted molar refractivity (Wildman–Crippen MR) is 51.3 cm³/mol. The average Bonchev–Trinajstić information content (AvgIpc) is 2.51. The van der Waals surface area contributed by atoms with E-state index in [9.17, 15) is 9.18 Å². The van der Waals surface area contributed by atoms with Crippen LogP contribution in [0.5, 0.6) is 0 Å². The molecule has 74 valence electrons. The van der Waals surface area contributed by atoms with Gasteiger partial charge in [-0.3, -0.25) is 4.79 Å². The molecule has 3 heteroatoms. The lowest BCUT2D eigenvalue weighted by Crippen LogP contribution is -2.18. The van der Waals surface area contributed by atoms with Gasteiger partial charge in [-0.25, -0.2) is 4.39 Å². The molecule has 1 fully saturated rings. The van der Waals surface area contributed by atoms with Gasteiger partial charge in [0, 0.05) is 6.42 Å². The summed E-state index contributed by atoms with van der Waals surface area (Å²) in [5, 5.41) is 2.87. The molecule has 1 heterocycles. The molecule has 0 spiro atoms. The zero-order valence-electron chi connectivity index (χ0n) is 8.01. The molecule has 1 saturated heterocycles. The lowest BCUT2D eigenvalue weighted by molar-refractivity contribution is -0.119. The van der Waals surface area contributed by atoms with Crippen LogP contribution in [0.4, 0.5) is 4.39 Å². The second-order valence-electron chi connectivity index (χ2n) is 3.66. The van der Waals surface area contributed by atoms with E-state index in [1.54, 1.807) is 6.07 Å². The van der Waals surface area contributed by atoms with E-state index >= 15 is 0 Å². The fourth-order valence-electron chi connectivity index (χ4n) is 1.88. The van der Waals surface area contributed by atoms with Crippen molar-refractivity contribution in [2.45, 2.75) is 25.8 Å². The maximum Gasteiger partial charge on any atom is 0.220 e. The zero-order valence-corrected chi connectivity index (χ0v) is 8.01. The summed E-state index contributed by atoms with van der Waals surface area (Å²) in [7, 11) is 0. The highest BCUT2D eigenvalue weighted by Gasteiger charge is 2.23. The van der Waals surface area contributed by atoms with Gasteiger partial charge >= 0.3 is 0 Å². The summed E-state index contributed by atoms with van der Waals surface area (Å²) in [6.07, 6.45) is 1.38. The number of carbonyl (C=O) groups is 1. The van der Waals surface area contributed by atoms with Crippen LogP contribution < -0.4 is 5.32 Å². The standard InChI is InChI=1S/C11H12FNO/c1-7-6-8(12)2-3-9(7)10-4-5-11(14)13-10/h2-3,6,10H,4-5H2,1H3,(H,13,14)/t10-/m0/s1. The number of amides is 1. The molecule has 0 radical (unpaired) electrons. The third-order valence-electron chi connectivity index (χ3n) is 2.60. The first-order chi connectivity index (χ1) is 6.66. The van der Waals surface area contributed by atoms with Crippen molar-refractivity contribution in [2.75, 3.05) is 0 Å². The Morgan fingerprint density at radius 3 is 2.86 bits per heavy atom. The van der Waals surface area contributed by atoms with Crippen molar-refractivity contribution in [3.8, 4) is 0 Å². The van der Waals surface area contributed by atoms with E-state index in [1.165, 1.54) is 12.1 Å². The predicted octanol–water partition coefficient (Wildman–Crippen LogP) is 2.09. The number of aryl methyl sites for hydroxylation is 1. The maximum absolute atomic E-state index is 12.8. The van der Waals surface area contributed by atoms with Crippen LogP contribution in [-0.2, 0) is 4.79 Å². The van der Waals surface area contributed by atoms with Crippen LogP contribution in [-0.4, -0.2) is 5.91 Å². The van der Waals surface area contributed by atoms with Crippen LogP contribution >= 0.6 is 0 Å². The molecular weight excluding hydrogens is 181 g/mol. The van der Waals surface area contributed by atoms with Crippen molar-refractivity contribution < 1.29 is 9.18 Å². The topological polar surface area (TPSA) is 29.1 Å². The molecule has 1 N–H and O–H groups in total. The van der Waals surface area contributed by atoms with Crippen molar-refractivity contribution in [3.63, 3.8) is 0 Å². The molecule has 0 aliphatic carbocycles. The van der Waals surface area contributed by atoms with E-state index in [0.717, 1.165) is 17.5 Å². The van der Waals surface area contributed by atoms with Crippen molar-refractivity contribution in [1.29, 1.82) is 0 Å². The number of carbonyl (C=O) groups excluding carboxylic acids is 1. The monoisotopic (exact) mass is 193 g/mol. The normalized spacial score (nSPS) is 21.0. The highest BCUT2D eigenvalue weighted by atomic mass is 19.1. The Balaban J connectivity index is 2.28. The van der Waals surface area contributed by atoms with E-state index < -0.39 is 0 Å². The number of hydrogen-bond acceptors (Lipinski definition) is 1. The van der Waals surface area contributed by atoms with E-state index in [4.69, 9.17) is 0 Å². The van der Waals surface area contributed by atoms with Crippen LogP contribution in [0, 0.1) is 12.7 Å². The molecule has 14 heavy (non-hydrogen) atoms. The van der Waals surface area contributed by atoms with E-state index in [2.05, 4.69) is 5.32 Å². The molecule has 0 bridgehead atoms. The summed E-state index contributed by atoms with van der Waals surface area (Å²) in [6, 6.07) is 4.76. The SMILES string of the molecule is Cc1cc(F)ccc1[C@@H]1CCC(=O)N1. The van der Waals surface area contributed by atoms with Gasteiger partial charge in [-0.15, -0.1) is 0 Å². The highest BCUT2D eigenvalue weighted by molar-refractivity contribution is 5.78. The first-order valence-electron chi connectivity index (χ1n) is 4.72. The lowest BCUT2D eigenvalue weighted by Gasteiger charge is -2.13. The highest BCUT2D eigenvalue weighted by Crippen LogP contribution is 2.26. The van der Waals surface area contributed by atoms with Gasteiger partial charge < -0.3 is 5.32 Å². The first-order valence-corrected chi connectivity index (χ1v) is 4.72. The van der Waals surface area contributed by atoms with Gasteiger partial charge in [-0.05, 0) is 36.6 Å². The Hall–Kier alpha value is -1.38. The summed E-state index contributed by atoms with van der Waals surface area (Å²) >= 11 is 0. The Bertz CT molecular complexity index is 376. The molecule has 0 saturated carbocycles. The van der Waals surface area contributed by atoms with Crippen molar-refractivity contribution in [3.05, 3.63) is 35.1 Å². The number of hydrogen-bond donors (Lipinski definition) is 1. The molecule has 1 atom stereocenters. The number of nitrogens with one attached hydrogen (secondary N) is 1. The van der Waals surface area contributed by atoms with Crippen LogP contribution in [0.3, 0.4) is 0 Å². The van der Waals surface area contributed by atoms with Crippen LogP contribution in [0.2, 0.25) is 0 Å². The van der Waals surface area contributed by atoms with Crippen LogP contribution in [0.15, 0.2) is 18.2 Å². The number of rotatable bonds is 1. The maximum atomic E-state index is 12.8. The van der Waals surface area contributed by atoms with Crippen LogP contribution in [0.25, 0.3) is 0 Å². The van der Waals surface area contributed by atoms with E-state index in [-0.39, 0.29) is 17.8 Å². The van der Waals surface area contributed by atoms with E-state index in [0.29, 0.717) is 6.42 Å². The molecule has 1 aliphatic heterocycles. The second-order valence-corrected chi connectivity index (χ2v) is 3.66. The first kappa shape index (κ1) is 9.19. The zero-order chi connectivity index (χ0) is 10.1. The Morgan fingerprint density at radius 2 is 2.29 bits per heavy atom. The quantitative estimate of drug-likeness (QED) is 0.727. The third kappa shape index (κ3) is 1.62. The fourth-order valence-corrected chi connectivity index (χ4v) is 1.88. The second kappa shape index (κ2) is 3.40. The van der Waals surface area contributed by atoms with Crippen molar-refractivity contribution >= 4 is 5.91 Å². The van der Waals surface area contributed by atoms with Gasteiger partial charge in [-0.1, -0.05) is 6.07 Å².